The predicted octanol–water partition coefficient (Wildman–Crippen LogP) is 5.31. The Morgan fingerprint density at radius 1 is 1.08 bits per heavy atom. The molecule has 0 aromatic carbocycles. The summed E-state index contributed by atoms with van der Waals surface area (Å²) in [4.78, 5) is 41.5. The van der Waals surface area contributed by atoms with E-state index >= 15 is 0 Å². The highest BCUT2D eigenvalue weighted by Gasteiger charge is 2.71. The second-order valence-corrected chi connectivity index (χ2v) is 15.1. The van der Waals surface area contributed by atoms with Crippen molar-refractivity contribution in [3.05, 3.63) is 23.3 Å². The number of amides is 1. The molecule has 1 amide bonds. The summed E-state index contributed by atoms with van der Waals surface area (Å²) in [5, 5.41) is 23.5. The third-order valence-corrected chi connectivity index (χ3v) is 12.8. The van der Waals surface area contributed by atoms with Gasteiger partial charge in [-0.2, -0.15) is 5.26 Å². The number of rotatable bonds is 3. The highest BCUT2D eigenvalue weighted by Crippen LogP contribution is 2.74. The fourth-order valence-electron chi connectivity index (χ4n) is 10.4. The van der Waals surface area contributed by atoms with E-state index in [2.05, 4.69) is 46.0 Å². The first kappa shape index (κ1) is 28.3. The van der Waals surface area contributed by atoms with Gasteiger partial charge < -0.3 is 10.4 Å². The number of hydrogen-bond donors (Lipinski definition) is 2. The van der Waals surface area contributed by atoms with Crippen molar-refractivity contribution < 1.29 is 19.5 Å². The lowest BCUT2D eigenvalue weighted by atomic mass is 9.34. The first-order valence-electron chi connectivity index (χ1n) is 14.9. The number of carbonyl (C=O) groups is 3. The highest BCUT2D eigenvalue weighted by molar-refractivity contribution is 6.05. The normalized spacial score (nSPS) is 46.4. The Kier molecular flexibility index (Phi) is 6.25. The molecule has 0 saturated heterocycles. The monoisotopic (exact) mass is 534 g/mol. The molecule has 0 aliphatic heterocycles. The van der Waals surface area contributed by atoms with Crippen LogP contribution in [0.3, 0.4) is 0 Å². The van der Waals surface area contributed by atoms with Crippen LogP contribution in [-0.2, 0) is 14.4 Å². The predicted molar refractivity (Wildman–Crippen MR) is 149 cm³/mol. The zero-order chi connectivity index (χ0) is 28.8. The number of ketones is 2. The van der Waals surface area contributed by atoms with Gasteiger partial charge in [-0.05, 0) is 93.0 Å². The molecule has 0 aromatic rings. The number of nitrogens with zero attached hydrogens (tertiary/aromatic N) is 1. The van der Waals surface area contributed by atoms with Crippen molar-refractivity contribution >= 4 is 17.5 Å². The third-order valence-electron chi connectivity index (χ3n) is 12.8. The van der Waals surface area contributed by atoms with Gasteiger partial charge in [-0.25, -0.2) is 0 Å². The summed E-state index contributed by atoms with van der Waals surface area (Å²) in [6.45, 7) is 15.2. The molecule has 0 aromatic heterocycles. The van der Waals surface area contributed by atoms with Crippen molar-refractivity contribution in [2.24, 2.45) is 50.2 Å². The van der Waals surface area contributed by atoms with Gasteiger partial charge in [-0.3, -0.25) is 14.4 Å². The molecule has 3 saturated carbocycles. The van der Waals surface area contributed by atoms with E-state index in [4.69, 9.17) is 0 Å². The van der Waals surface area contributed by atoms with Gasteiger partial charge in [-0.15, -0.1) is 0 Å². The van der Waals surface area contributed by atoms with Crippen LogP contribution < -0.4 is 5.32 Å². The first-order valence-corrected chi connectivity index (χ1v) is 14.9. The first-order chi connectivity index (χ1) is 18.1. The number of nitriles is 1. The maximum Gasteiger partial charge on any atom is 0.226 e. The van der Waals surface area contributed by atoms with Crippen LogP contribution in [0.15, 0.2) is 23.3 Å². The Morgan fingerprint density at radius 3 is 2.36 bits per heavy atom. The minimum Gasteiger partial charge on any atom is -0.395 e. The van der Waals surface area contributed by atoms with Crippen LogP contribution in [0.5, 0.6) is 0 Å². The summed E-state index contributed by atoms with van der Waals surface area (Å²) in [5.74, 6) is -0.562. The number of allylic oxidation sites excluding steroid dienone is 4. The van der Waals surface area contributed by atoms with E-state index in [1.807, 2.05) is 19.1 Å². The number of hydrogen-bond acceptors (Lipinski definition) is 5. The Labute approximate surface area is 233 Å². The molecule has 6 nitrogen and oxygen atoms in total. The van der Waals surface area contributed by atoms with Crippen molar-refractivity contribution in [3.8, 4) is 6.07 Å². The largest absolute Gasteiger partial charge is 0.395 e. The number of Topliss-reactive ketones (excluding diaryl/α,β-unsaturated/α-hetero) is 1. The summed E-state index contributed by atoms with van der Waals surface area (Å²) in [7, 11) is 0. The molecule has 8 atom stereocenters. The van der Waals surface area contributed by atoms with Crippen LogP contribution in [0.1, 0.15) is 93.4 Å². The van der Waals surface area contributed by atoms with Gasteiger partial charge in [0.15, 0.2) is 11.6 Å². The molecule has 5 rings (SSSR count). The molecule has 0 unspecified atom stereocenters. The second-order valence-electron chi connectivity index (χ2n) is 15.1. The van der Waals surface area contributed by atoms with Gasteiger partial charge in [0, 0.05) is 17.9 Å². The molecule has 0 spiro atoms. The molecule has 212 valence electrons. The standard InChI is InChI=1S/C33H46N2O4/c1-8-35-27(39)33-13-11-28(2,3)17-21(33)25-22(37)15-24-29(4)16-20(18-34)26(38)30(5,19-36)23(29)9-10-31(24,6)32(25,7)12-14-33/h15-16,21,23,25,36H,8-14,17,19H2,1-7H3,(H,35,39)/t21-,23+,25-,29-,30-,31+,32+,33-/m0/s1. The smallest absolute Gasteiger partial charge is 0.226 e. The lowest BCUT2D eigenvalue weighted by Crippen LogP contribution is -2.66. The molecule has 0 heterocycles. The topological polar surface area (TPSA) is 107 Å². The molecule has 39 heavy (non-hydrogen) atoms. The summed E-state index contributed by atoms with van der Waals surface area (Å²) >= 11 is 0. The van der Waals surface area contributed by atoms with E-state index < -0.39 is 16.2 Å². The zero-order valence-corrected chi connectivity index (χ0v) is 24.9. The Hall–Kier alpha value is -2.26. The SMILES string of the molecule is CCNC(=O)[C@]12CCC(C)(C)C[C@H]1[C@H]1C(=O)C=C3[C@@]4(C)C=C(C#N)C(=O)[C@@](C)(CO)[C@@H]4CC[C@@]3(C)[C@]1(C)CC2. The molecule has 6 heteroatoms. The second kappa shape index (κ2) is 8.62. The number of fused-ring (bicyclic) bond motifs is 7. The summed E-state index contributed by atoms with van der Waals surface area (Å²) in [6.07, 6.45) is 9.41. The van der Waals surface area contributed by atoms with Crippen LogP contribution in [0.25, 0.3) is 0 Å². The van der Waals surface area contributed by atoms with E-state index in [9.17, 15) is 24.8 Å². The van der Waals surface area contributed by atoms with Crippen molar-refractivity contribution in [2.75, 3.05) is 13.2 Å². The van der Waals surface area contributed by atoms with E-state index in [0.29, 0.717) is 6.54 Å². The molecule has 3 fully saturated rings. The van der Waals surface area contributed by atoms with Crippen molar-refractivity contribution in [3.63, 3.8) is 0 Å². The van der Waals surface area contributed by atoms with Gasteiger partial charge in [-0.1, -0.05) is 46.3 Å². The van der Waals surface area contributed by atoms with E-state index in [1.165, 1.54) is 0 Å². The van der Waals surface area contributed by atoms with Crippen LogP contribution in [-0.4, -0.2) is 35.7 Å². The van der Waals surface area contributed by atoms with Crippen LogP contribution in [0, 0.1) is 61.6 Å². The quantitative estimate of drug-likeness (QED) is 0.510. The Morgan fingerprint density at radius 2 is 1.74 bits per heavy atom. The van der Waals surface area contributed by atoms with Gasteiger partial charge in [0.05, 0.1) is 23.0 Å². The summed E-state index contributed by atoms with van der Waals surface area (Å²) in [6, 6.07) is 2.11. The van der Waals surface area contributed by atoms with Gasteiger partial charge in [0.1, 0.15) is 6.07 Å². The Bertz CT molecular complexity index is 1240. The Balaban J connectivity index is 1.69. The molecular formula is C33H46N2O4. The highest BCUT2D eigenvalue weighted by atomic mass is 16.3. The summed E-state index contributed by atoms with van der Waals surface area (Å²) < 4.78 is 0. The average Bonchev–Trinajstić information content (AvgIpc) is 2.87. The van der Waals surface area contributed by atoms with Crippen LogP contribution in [0.4, 0.5) is 0 Å². The average molecular weight is 535 g/mol. The fourth-order valence-corrected chi connectivity index (χ4v) is 10.4. The van der Waals surface area contributed by atoms with E-state index in [-0.39, 0.29) is 63.7 Å². The molecule has 0 bridgehead atoms. The number of nitrogens with one attached hydrogen (secondary N) is 1. The lowest BCUT2D eigenvalue weighted by molar-refractivity contribution is -0.179. The minimum absolute atomic E-state index is 0.0277. The van der Waals surface area contributed by atoms with Crippen molar-refractivity contribution in [1.82, 2.24) is 5.32 Å². The molecule has 5 aliphatic rings. The maximum atomic E-state index is 14.5. The van der Waals surface area contributed by atoms with Crippen molar-refractivity contribution in [2.45, 2.75) is 93.4 Å². The number of carbonyl (C=O) groups excluding carboxylic acids is 3. The molecule has 0 radical (unpaired) electrons. The molecule has 5 aliphatic carbocycles. The van der Waals surface area contributed by atoms with Crippen LogP contribution in [0.2, 0.25) is 0 Å². The van der Waals surface area contributed by atoms with E-state index in [0.717, 1.165) is 50.5 Å². The third kappa shape index (κ3) is 3.44. The summed E-state index contributed by atoms with van der Waals surface area (Å²) in [5.41, 5.74) is -1.80. The minimum atomic E-state index is -1.06. The lowest BCUT2D eigenvalue weighted by Gasteiger charge is -2.69. The van der Waals surface area contributed by atoms with Crippen molar-refractivity contribution in [1.29, 1.82) is 5.26 Å². The molecule has 2 N–H and O–H groups in total. The van der Waals surface area contributed by atoms with Gasteiger partial charge >= 0.3 is 0 Å². The number of aliphatic hydroxyl groups is 1. The van der Waals surface area contributed by atoms with Crippen LogP contribution >= 0.6 is 0 Å². The van der Waals surface area contributed by atoms with E-state index in [1.54, 1.807) is 6.92 Å². The van der Waals surface area contributed by atoms with Gasteiger partial charge in [0.25, 0.3) is 0 Å². The zero-order valence-electron chi connectivity index (χ0n) is 24.9. The maximum absolute atomic E-state index is 14.5. The fraction of sp³-hybridized carbons (Fsp3) is 0.758. The number of aliphatic hydroxyl groups excluding tert-OH is 1. The van der Waals surface area contributed by atoms with Gasteiger partial charge in [0.2, 0.25) is 5.91 Å². The molecular weight excluding hydrogens is 488 g/mol.